The van der Waals surface area contributed by atoms with Crippen LogP contribution in [0.2, 0.25) is 0 Å². The van der Waals surface area contributed by atoms with Crippen LogP contribution in [0.4, 0.5) is 0 Å². The van der Waals surface area contributed by atoms with E-state index in [4.69, 9.17) is 4.74 Å². The first-order valence-corrected chi connectivity index (χ1v) is 7.53. The van der Waals surface area contributed by atoms with E-state index in [1.165, 1.54) is 6.92 Å². The van der Waals surface area contributed by atoms with Crippen molar-refractivity contribution in [1.29, 1.82) is 0 Å². The number of aromatic amines is 1. The standard InChI is InChI=1S/C19H17NO3/c1-3-13-10-7-11-15-16(14-8-5-4-6-9-14)18(23-12(2)21)19(22)20-17(13)15/h4-11H,3H2,1-2H3,(H,20,22). The molecule has 4 heteroatoms. The van der Waals surface area contributed by atoms with Gasteiger partial charge in [0.1, 0.15) is 0 Å². The molecule has 0 saturated carbocycles. The molecule has 3 rings (SSSR count). The van der Waals surface area contributed by atoms with E-state index in [-0.39, 0.29) is 5.75 Å². The van der Waals surface area contributed by atoms with Crippen LogP contribution in [-0.4, -0.2) is 11.0 Å². The molecule has 1 aromatic heterocycles. The quantitative estimate of drug-likeness (QED) is 0.751. The topological polar surface area (TPSA) is 59.2 Å². The molecule has 2 aromatic carbocycles. The van der Waals surface area contributed by atoms with Crippen LogP contribution in [-0.2, 0) is 11.2 Å². The summed E-state index contributed by atoms with van der Waals surface area (Å²) in [5.41, 5.74) is 2.93. The van der Waals surface area contributed by atoms with Gasteiger partial charge in [-0.25, -0.2) is 0 Å². The molecule has 1 heterocycles. The Morgan fingerprint density at radius 3 is 2.48 bits per heavy atom. The molecule has 1 N–H and O–H groups in total. The number of carbonyl (C=O) groups excluding carboxylic acids is 1. The largest absolute Gasteiger partial charge is 0.420 e. The summed E-state index contributed by atoms with van der Waals surface area (Å²) in [6.07, 6.45) is 0.800. The summed E-state index contributed by atoms with van der Waals surface area (Å²) in [5.74, 6) is -0.469. The van der Waals surface area contributed by atoms with E-state index in [0.29, 0.717) is 5.56 Å². The number of aryl methyl sites for hydroxylation is 1. The molecule has 0 atom stereocenters. The lowest BCUT2D eigenvalue weighted by molar-refractivity contribution is -0.131. The van der Waals surface area contributed by atoms with Gasteiger partial charge in [-0.05, 0) is 17.5 Å². The maximum atomic E-state index is 12.5. The Kier molecular flexibility index (Phi) is 3.98. The number of H-pyrrole nitrogens is 1. The zero-order valence-corrected chi connectivity index (χ0v) is 13.1. The minimum Gasteiger partial charge on any atom is -0.420 e. The summed E-state index contributed by atoms with van der Waals surface area (Å²) < 4.78 is 5.23. The lowest BCUT2D eigenvalue weighted by atomic mass is 9.97. The van der Waals surface area contributed by atoms with E-state index in [2.05, 4.69) is 4.98 Å². The SMILES string of the molecule is CCc1cccc2c(-c3ccccc3)c(OC(C)=O)c(=O)[nH]c12. The molecule has 0 fully saturated rings. The van der Waals surface area contributed by atoms with Crippen LogP contribution in [0.5, 0.6) is 5.75 Å². The molecular weight excluding hydrogens is 290 g/mol. The summed E-state index contributed by atoms with van der Waals surface area (Å²) in [6, 6.07) is 15.4. The van der Waals surface area contributed by atoms with Gasteiger partial charge in [-0.2, -0.15) is 0 Å². The van der Waals surface area contributed by atoms with E-state index in [9.17, 15) is 9.59 Å². The molecule has 0 unspecified atom stereocenters. The van der Waals surface area contributed by atoms with Crippen LogP contribution in [0.1, 0.15) is 19.4 Å². The van der Waals surface area contributed by atoms with Gasteiger partial charge in [0.2, 0.25) is 5.75 Å². The monoisotopic (exact) mass is 307 g/mol. The van der Waals surface area contributed by atoms with Gasteiger partial charge in [-0.1, -0.05) is 55.5 Å². The van der Waals surface area contributed by atoms with Crippen molar-refractivity contribution in [3.8, 4) is 16.9 Å². The highest BCUT2D eigenvalue weighted by Crippen LogP contribution is 2.34. The molecule has 23 heavy (non-hydrogen) atoms. The van der Waals surface area contributed by atoms with Crippen LogP contribution >= 0.6 is 0 Å². The Morgan fingerprint density at radius 2 is 1.83 bits per heavy atom. The zero-order valence-electron chi connectivity index (χ0n) is 13.1. The molecule has 0 amide bonds. The number of aromatic nitrogens is 1. The number of para-hydroxylation sites is 1. The summed E-state index contributed by atoms with van der Waals surface area (Å²) in [6.45, 7) is 3.33. The second-order valence-corrected chi connectivity index (χ2v) is 5.31. The highest BCUT2D eigenvalue weighted by Gasteiger charge is 2.18. The Bertz CT molecular complexity index is 926. The first-order chi connectivity index (χ1) is 11.1. The number of nitrogens with one attached hydrogen (secondary N) is 1. The summed E-state index contributed by atoms with van der Waals surface area (Å²) >= 11 is 0. The van der Waals surface area contributed by atoms with E-state index in [1.54, 1.807) is 0 Å². The molecule has 0 aliphatic carbocycles. The maximum absolute atomic E-state index is 12.5. The number of hydrogen-bond acceptors (Lipinski definition) is 3. The molecule has 4 nitrogen and oxygen atoms in total. The van der Waals surface area contributed by atoms with Crippen molar-refractivity contribution in [2.45, 2.75) is 20.3 Å². The van der Waals surface area contributed by atoms with Gasteiger partial charge in [0.05, 0.1) is 5.52 Å². The van der Waals surface area contributed by atoms with E-state index in [1.807, 2.05) is 55.5 Å². The van der Waals surface area contributed by atoms with Crippen LogP contribution in [0.15, 0.2) is 53.3 Å². The average Bonchev–Trinajstić information content (AvgIpc) is 2.55. The average molecular weight is 307 g/mol. The van der Waals surface area contributed by atoms with Crippen LogP contribution in [0, 0.1) is 0 Å². The van der Waals surface area contributed by atoms with Crippen molar-refractivity contribution >= 4 is 16.9 Å². The normalized spacial score (nSPS) is 10.7. The van der Waals surface area contributed by atoms with Gasteiger partial charge in [0, 0.05) is 17.9 Å². The van der Waals surface area contributed by atoms with Crippen molar-refractivity contribution < 1.29 is 9.53 Å². The van der Waals surface area contributed by atoms with Crippen molar-refractivity contribution in [3.05, 3.63) is 64.4 Å². The lowest BCUT2D eigenvalue weighted by Crippen LogP contribution is -2.16. The van der Waals surface area contributed by atoms with Crippen LogP contribution < -0.4 is 10.3 Å². The molecule has 0 spiro atoms. The van der Waals surface area contributed by atoms with Gasteiger partial charge >= 0.3 is 5.97 Å². The van der Waals surface area contributed by atoms with Crippen LogP contribution in [0.25, 0.3) is 22.0 Å². The third kappa shape index (κ3) is 2.75. The third-order valence-electron chi connectivity index (χ3n) is 3.78. The Labute approximate surface area is 133 Å². The minimum atomic E-state index is -0.515. The van der Waals surface area contributed by atoms with Gasteiger partial charge < -0.3 is 9.72 Å². The smallest absolute Gasteiger partial charge is 0.308 e. The van der Waals surface area contributed by atoms with E-state index >= 15 is 0 Å². The first kappa shape index (κ1) is 15.0. The summed E-state index contributed by atoms with van der Waals surface area (Å²) in [4.78, 5) is 26.8. The maximum Gasteiger partial charge on any atom is 0.308 e. The number of fused-ring (bicyclic) bond motifs is 1. The minimum absolute atomic E-state index is 0.0458. The van der Waals surface area contributed by atoms with Gasteiger partial charge in [-0.3, -0.25) is 9.59 Å². The highest BCUT2D eigenvalue weighted by molar-refractivity contribution is 5.99. The summed E-state index contributed by atoms with van der Waals surface area (Å²) in [5, 5.41) is 0.867. The van der Waals surface area contributed by atoms with Gasteiger partial charge in [0.25, 0.3) is 5.56 Å². The van der Waals surface area contributed by atoms with Crippen LogP contribution in [0.3, 0.4) is 0 Å². The fourth-order valence-corrected chi connectivity index (χ4v) is 2.79. The number of pyridine rings is 1. The highest BCUT2D eigenvalue weighted by atomic mass is 16.5. The number of carbonyl (C=O) groups is 1. The number of hydrogen-bond donors (Lipinski definition) is 1. The molecule has 3 aromatic rings. The predicted molar refractivity (Wildman–Crippen MR) is 90.7 cm³/mol. The van der Waals surface area contributed by atoms with Crippen molar-refractivity contribution in [2.75, 3.05) is 0 Å². The van der Waals surface area contributed by atoms with Crippen molar-refractivity contribution in [1.82, 2.24) is 4.98 Å². The Hall–Kier alpha value is -2.88. The number of benzene rings is 2. The molecule has 0 aliphatic rings. The molecule has 116 valence electrons. The number of rotatable bonds is 3. The zero-order chi connectivity index (χ0) is 16.4. The predicted octanol–water partition coefficient (Wildman–Crippen LogP) is 3.68. The molecule has 0 bridgehead atoms. The fourth-order valence-electron chi connectivity index (χ4n) is 2.79. The molecule has 0 radical (unpaired) electrons. The second-order valence-electron chi connectivity index (χ2n) is 5.31. The second kappa shape index (κ2) is 6.08. The summed E-state index contributed by atoms with van der Waals surface area (Å²) in [7, 11) is 0. The first-order valence-electron chi connectivity index (χ1n) is 7.53. The molecular formula is C19H17NO3. The lowest BCUT2D eigenvalue weighted by Gasteiger charge is -2.13. The van der Waals surface area contributed by atoms with Crippen molar-refractivity contribution in [3.63, 3.8) is 0 Å². The third-order valence-corrected chi connectivity index (χ3v) is 3.78. The number of esters is 1. The van der Waals surface area contributed by atoms with Gasteiger partial charge in [-0.15, -0.1) is 0 Å². The van der Waals surface area contributed by atoms with E-state index in [0.717, 1.165) is 28.5 Å². The molecule has 0 saturated heterocycles. The van der Waals surface area contributed by atoms with Crippen molar-refractivity contribution in [2.24, 2.45) is 0 Å². The number of ether oxygens (including phenoxy) is 1. The fraction of sp³-hybridized carbons (Fsp3) is 0.158. The Morgan fingerprint density at radius 1 is 1.09 bits per heavy atom. The van der Waals surface area contributed by atoms with Gasteiger partial charge in [0.15, 0.2) is 0 Å². The Balaban J connectivity index is 2.45. The van der Waals surface area contributed by atoms with E-state index < -0.39 is 11.5 Å². The molecule has 0 aliphatic heterocycles.